The van der Waals surface area contributed by atoms with Crippen molar-refractivity contribution in [1.29, 1.82) is 0 Å². The zero-order valence-corrected chi connectivity index (χ0v) is 7.92. The molecule has 1 rings (SSSR count). The summed E-state index contributed by atoms with van der Waals surface area (Å²) in [5.74, 6) is -0.547. The second kappa shape index (κ2) is 4.60. The van der Waals surface area contributed by atoms with Gasteiger partial charge in [-0.25, -0.2) is 9.18 Å². The Morgan fingerprint density at radius 3 is 2.86 bits per heavy atom. The van der Waals surface area contributed by atoms with Gasteiger partial charge in [0, 0.05) is 5.69 Å². The lowest BCUT2D eigenvalue weighted by Crippen LogP contribution is -2.08. The van der Waals surface area contributed by atoms with Crippen LogP contribution in [-0.2, 0) is 4.74 Å². The van der Waals surface area contributed by atoms with Crippen LogP contribution in [0.1, 0.15) is 15.9 Å². The highest BCUT2D eigenvalue weighted by Crippen LogP contribution is 2.13. The zero-order chi connectivity index (χ0) is 10.6. The standard InChI is InChI=1S/C10H12FNO2/c1-7-2-3-8(6-9(7)12)10(13)14-5-4-11/h2-3,6H,4-5,12H2,1H3. The molecule has 1 aromatic rings. The van der Waals surface area contributed by atoms with Crippen LogP contribution in [0.5, 0.6) is 0 Å². The molecule has 0 aliphatic carbocycles. The van der Waals surface area contributed by atoms with Crippen LogP contribution in [0.25, 0.3) is 0 Å². The Bertz CT molecular complexity index is 339. The number of esters is 1. The summed E-state index contributed by atoms with van der Waals surface area (Å²) in [6.45, 7) is 0.950. The SMILES string of the molecule is Cc1ccc(C(=O)OCCF)cc1N. The van der Waals surface area contributed by atoms with Crippen molar-refractivity contribution in [2.75, 3.05) is 19.0 Å². The number of carbonyl (C=O) groups is 1. The lowest BCUT2D eigenvalue weighted by Gasteiger charge is -2.04. The highest BCUT2D eigenvalue weighted by atomic mass is 19.1. The Kier molecular flexibility index (Phi) is 3.45. The number of hydrogen-bond donors (Lipinski definition) is 1. The number of rotatable bonds is 3. The first kappa shape index (κ1) is 10.5. The van der Waals surface area contributed by atoms with Gasteiger partial charge < -0.3 is 10.5 Å². The molecule has 0 atom stereocenters. The van der Waals surface area contributed by atoms with Crippen molar-refractivity contribution >= 4 is 11.7 Å². The number of anilines is 1. The maximum absolute atomic E-state index is 11.7. The molecule has 0 saturated carbocycles. The van der Waals surface area contributed by atoms with Gasteiger partial charge in [-0.15, -0.1) is 0 Å². The number of benzene rings is 1. The molecular weight excluding hydrogens is 185 g/mol. The predicted molar refractivity (Wildman–Crippen MR) is 51.8 cm³/mol. The van der Waals surface area contributed by atoms with Gasteiger partial charge in [0.15, 0.2) is 0 Å². The van der Waals surface area contributed by atoms with Gasteiger partial charge in [-0.05, 0) is 24.6 Å². The lowest BCUT2D eigenvalue weighted by atomic mass is 10.1. The number of halogens is 1. The number of carbonyl (C=O) groups excluding carboxylic acids is 1. The van der Waals surface area contributed by atoms with Gasteiger partial charge in [0.25, 0.3) is 0 Å². The van der Waals surface area contributed by atoms with Crippen molar-refractivity contribution in [3.8, 4) is 0 Å². The first-order valence-corrected chi connectivity index (χ1v) is 4.24. The highest BCUT2D eigenvalue weighted by Gasteiger charge is 2.07. The van der Waals surface area contributed by atoms with Crippen molar-refractivity contribution in [1.82, 2.24) is 0 Å². The molecule has 1 aromatic carbocycles. The zero-order valence-electron chi connectivity index (χ0n) is 7.92. The summed E-state index contributed by atoms with van der Waals surface area (Å²) in [7, 11) is 0. The Morgan fingerprint density at radius 2 is 2.29 bits per heavy atom. The van der Waals surface area contributed by atoms with Crippen LogP contribution in [0.4, 0.5) is 10.1 Å². The molecular formula is C10H12FNO2. The largest absolute Gasteiger partial charge is 0.459 e. The predicted octanol–water partition coefficient (Wildman–Crippen LogP) is 1.70. The van der Waals surface area contributed by atoms with Gasteiger partial charge in [0.05, 0.1) is 5.56 Å². The third kappa shape index (κ3) is 2.45. The lowest BCUT2D eigenvalue weighted by molar-refractivity contribution is 0.0481. The minimum atomic E-state index is -0.674. The van der Waals surface area contributed by atoms with E-state index in [1.165, 1.54) is 6.07 Å². The topological polar surface area (TPSA) is 52.3 Å². The molecule has 0 radical (unpaired) electrons. The highest BCUT2D eigenvalue weighted by molar-refractivity contribution is 5.90. The van der Waals surface area contributed by atoms with Gasteiger partial charge in [0.1, 0.15) is 13.3 Å². The van der Waals surface area contributed by atoms with Crippen LogP contribution in [0, 0.1) is 6.92 Å². The first-order valence-electron chi connectivity index (χ1n) is 4.24. The van der Waals surface area contributed by atoms with Crippen LogP contribution in [0.2, 0.25) is 0 Å². The Morgan fingerprint density at radius 1 is 1.57 bits per heavy atom. The molecule has 0 amide bonds. The fourth-order valence-corrected chi connectivity index (χ4v) is 0.982. The molecule has 0 aromatic heterocycles. The second-order valence-corrected chi connectivity index (χ2v) is 2.90. The minimum Gasteiger partial charge on any atom is -0.459 e. The molecule has 0 saturated heterocycles. The molecule has 0 fully saturated rings. The molecule has 0 heterocycles. The normalized spacial score (nSPS) is 9.86. The Labute approximate surface area is 81.7 Å². The van der Waals surface area contributed by atoms with E-state index in [0.29, 0.717) is 11.3 Å². The summed E-state index contributed by atoms with van der Waals surface area (Å²) in [6, 6.07) is 4.85. The van der Waals surface area contributed by atoms with Crippen molar-refractivity contribution in [2.24, 2.45) is 0 Å². The van der Waals surface area contributed by atoms with E-state index < -0.39 is 12.6 Å². The number of nitrogen functional groups attached to an aromatic ring is 1. The monoisotopic (exact) mass is 197 g/mol. The maximum atomic E-state index is 11.7. The summed E-state index contributed by atoms with van der Waals surface area (Å²) in [4.78, 5) is 11.2. The smallest absolute Gasteiger partial charge is 0.338 e. The summed E-state index contributed by atoms with van der Waals surface area (Å²) < 4.78 is 16.3. The van der Waals surface area contributed by atoms with E-state index in [-0.39, 0.29) is 6.61 Å². The van der Waals surface area contributed by atoms with Crippen LogP contribution >= 0.6 is 0 Å². The average molecular weight is 197 g/mol. The van der Waals surface area contributed by atoms with Gasteiger partial charge in [0.2, 0.25) is 0 Å². The summed E-state index contributed by atoms with van der Waals surface area (Å²) in [5.41, 5.74) is 7.38. The molecule has 4 heteroatoms. The summed E-state index contributed by atoms with van der Waals surface area (Å²) in [6.07, 6.45) is 0. The minimum absolute atomic E-state index is 0.216. The van der Waals surface area contributed by atoms with E-state index >= 15 is 0 Å². The van der Waals surface area contributed by atoms with Gasteiger partial charge in [-0.3, -0.25) is 0 Å². The molecule has 0 unspecified atom stereocenters. The quantitative estimate of drug-likeness (QED) is 0.592. The van der Waals surface area contributed by atoms with Gasteiger partial charge >= 0.3 is 5.97 Å². The van der Waals surface area contributed by atoms with E-state index in [2.05, 4.69) is 4.74 Å². The Balaban J connectivity index is 2.76. The van der Waals surface area contributed by atoms with E-state index in [1.807, 2.05) is 6.92 Å². The van der Waals surface area contributed by atoms with Gasteiger partial charge in [-0.1, -0.05) is 6.07 Å². The molecule has 2 N–H and O–H groups in total. The van der Waals surface area contributed by atoms with Crippen molar-refractivity contribution in [3.63, 3.8) is 0 Å². The third-order valence-corrected chi connectivity index (χ3v) is 1.83. The van der Waals surface area contributed by atoms with Gasteiger partial charge in [-0.2, -0.15) is 0 Å². The average Bonchev–Trinajstić information content (AvgIpc) is 2.18. The molecule has 0 aliphatic rings. The number of hydrogen-bond acceptors (Lipinski definition) is 3. The molecule has 3 nitrogen and oxygen atoms in total. The van der Waals surface area contributed by atoms with Crippen LogP contribution in [0.3, 0.4) is 0 Å². The fourth-order valence-electron chi connectivity index (χ4n) is 0.982. The molecule has 0 aliphatic heterocycles. The second-order valence-electron chi connectivity index (χ2n) is 2.90. The fraction of sp³-hybridized carbons (Fsp3) is 0.300. The van der Waals surface area contributed by atoms with E-state index in [4.69, 9.17) is 5.73 Å². The number of aryl methyl sites for hydroxylation is 1. The Hall–Kier alpha value is -1.58. The maximum Gasteiger partial charge on any atom is 0.338 e. The molecule has 14 heavy (non-hydrogen) atoms. The number of ether oxygens (including phenoxy) is 1. The third-order valence-electron chi connectivity index (χ3n) is 1.83. The van der Waals surface area contributed by atoms with Crippen molar-refractivity contribution < 1.29 is 13.9 Å². The van der Waals surface area contributed by atoms with Crippen molar-refractivity contribution in [3.05, 3.63) is 29.3 Å². The number of nitrogens with two attached hydrogens (primary N) is 1. The van der Waals surface area contributed by atoms with E-state index in [1.54, 1.807) is 12.1 Å². The summed E-state index contributed by atoms with van der Waals surface area (Å²) >= 11 is 0. The van der Waals surface area contributed by atoms with Crippen LogP contribution in [0.15, 0.2) is 18.2 Å². The molecule has 76 valence electrons. The molecule has 0 bridgehead atoms. The molecule has 0 spiro atoms. The number of alkyl halides is 1. The summed E-state index contributed by atoms with van der Waals surface area (Å²) in [5, 5.41) is 0. The van der Waals surface area contributed by atoms with E-state index in [0.717, 1.165) is 5.56 Å². The van der Waals surface area contributed by atoms with E-state index in [9.17, 15) is 9.18 Å². The van der Waals surface area contributed by atoms with Crippen LogP contribution in [-0.4, -0.2) is 19.3 Å². The van der Waals surface area contributed by atoms with Crippen LogP contribution < -0.4 is 5.73 Å². The first-order chi connectivity index (χ1) is 6.65. The van der Waals surface area contributed by atoms with Crippen molar-refractivity contribution in [2.45, 2.75) is 6.92 Å².